The Kier molecular flexibility index (Phi) is 12.0. The van der Waals surface area contributed by atoms with Crippen molar-refractivity contribution in [3.05, 3.63) is 64.4 Å². The Morgan fingerprint density at radius 3 is 2.40 bits per heavy atom. The molecule has 2 bridgehead atoms. The van der Waals surface area contributed by atoms with Crippen molar-refractivity contribution in [1.82, 2.24) is 14.5 Å². The molecule has 2 N–H and O–H groups in total. The Balaban J connectivity index is 1.61. The predicted octanol–water partition coefficient (Wildman–Crippen LogP) is 5.93. The number of hydrogen-bond acceptors (Lipinski definition) is 7. The van der Waals surface area contributed by atoms with Crippen LogP contribution in [0.25, 0.3) is 0 Å². The minimum absolute atomic E-state index is 0.0393. The first kappa shape index (κ1) is 37.4. The molecule has 2 saturated heterocycles. The summed E-state index contributed by atoms with van der Waals surface area (Å²) in [7, 11) is -2.41. The lowest BCUT2D eigenvalue weighted by Crippen LogP contribution is -2.60. The van der Waals surface area contributed by atoms with E-state index in [0.717, 1.165) is 5.56 Å². The number of amides is 3. The van der Waals surface area contributed by atoms with Gasteiger partial charge in [-0.3, -0.25) is 4.79 Å². The molecule has 2 aromatic rings. The van der Waals surface area contributed by atoms with Crippen molar-refractivity contribution >= 4 is 45.4 Å². The number of rotatable bonds is 9. The summed E-state index contributed by atoms with van der Waals surface area (Å²) in [4.78, 5) is 41.2. The monoisotopic (exact) mass is 708 g/mol. The molecule has 11 nitrogen and oxygen atoms in total. The van der Waals surface area contributed by atoms with E-state index in [4.69, 9.17) is 21.1 Å². The van der Waals surface area contributed by atoms with Crippen LogP contribution in [0.3, 0.4) is 0 Å². The van der Waals surface area contributed by atoms with Gasteiger partial charge in [-0.2, -0.15) is 4.31 Å². The number of piperazine rings is 1. The number of sulfonamides is 1. The fraction of sp³-hybridized carbons (Fsp3) is 0.559. The van der Waals surface area contributed by atoms with Crippen LogP contribution in [-0.2, 0) is 30.7 Å². The molecule has 0 aliphatic carbocycles. The van der Waals surface area contributed by atoms with Gasteiger partial charge in [0.05, 0.1) is 12.9 Å². The lowest BCUT2D eigenvalue weighted by atomic mass is 9.82. The number of anilines is 1. The molecule has 3 unspecified atom stereocenters. The summed E-state index contributed by atoms with van der Waals surface area (Å²) < 4.78 is 54.0. The molecular weight excluding hydrogens is 663 g/mol. The van der Waals surface area contributed by atoms with Crippen LogP contribution in [0.1, 0.15) is 70.9 Å². The number of methoxy groups -OCH3 is 1. The number of alkyl carbamates (subject to hydrolysis) is 1. The van der Waals surface area contributed by atoms with Gasteiger partial charge in [-0.05, 0) is 82.2 Å². The fourth-order valence-corrected chi connectivity index (χ4v) is 8.43. The third kappa shape index (κ3) is 9.17. The number of carbonyl (C=O) groups excluding carboxylic acids is 3. The second-order valence-corrected chi connectivity index (χ2v) is 16.2. The Labute approximate surface area is 287 Å². The van der Waals surface area contributed by atoms with Gasteiger partial charge in [0.25, 0.3) is 0 Å². The van der Waals surface area contributed by atoms with Crippen LogP contribution in [0, 0.1) is 11.7 Å². The van der Waals surface area contributed by atoms with Gasteiger partial charge in [0.15, 0.2) is 0 Å². The number of fused-ring (bicyclic) bond motifs is 2. The van der Waals surface area contributed by atoms with Crippen LogP contribution in [0.15, 0.2) is 42.5 Å². The van der Waals surface area contributed by atoms with E-state index in [1.54, 1.807) is 56.0 Å². The molecule has 14 heteroatoms. The van der Waals surface area contributed by atoms with Crippen molar-refractivity contribution in [3.8, 4) is 0 Å². The highest BCUT2D eigenvalue weighted by Gasteiger charge is 2.44. The first-order valence-electron chi connectivity index (χ1n) is 16.2. The van der Waals surface area contributed by atoms with E-state index in [9.17, 15) is 22.8 Å². The van der Waals surface area contributed by atoms with Crippen molar-refractivity contribution < 1.29 is 36.7 Å². The Morgan fingerprint density at radius 1 is 1.08 bits per heavy atom. The molecule has 4 rings (SSSR count). The average Bonchev–Trinajstić information content (AvgIpc) is 3.12. The van der Waals surface area contributed by atoms with E-state index >= 15 is 4.39 Å². The van der Waals surface area contributed by atoms with Gasteiger partial charge >= 0.3 is 12.2 Å². The molecule has 3 amide bonds. The number of hydrogen-bond donors (Lipinski definition) is 2. The molecule has 2 aliphatic heterocycles. The Bertz CT molecular complexity index is 1580. The summed E-state index contributed by atoms with van der Waals surface area (Å²) in [5.74, 6) is -1.83. The maximum atomic E-state index is 15.5. The average molecular weight is 709 g/mol. The van der Waals surface area contributed by atoms with E-state index in [-0.39, 0.29) is 54.9 Å². The molecule has 264 valence electrons. The van der Waals surface area contributed by atoms with E-state index < -0.39 is 57.5 Å². The van der Waals surface area contributed by atoms with Crippen LogP contribution in [-0.4, -0.2) is 85.4 Å². The third-order valence-electron chi connectivity index (χ3n) is 8.75. The van der Waals surface area contributed by atoms with Crippen molar-refractivity contribution in [3.63, 3.8) is 0 Å². The molecular formula is C34H46ClFN4O7S. The fourth-order valence-electron chi connectivity index (χ4n) is 6.51. The van der Waals surface area contributed by atoms with Crippen LogP contribution >= 0.6 is 11.6 Å². The van der Waals surface area contributed by atoms with Gasteiger partial charge in [-0.15, -0.1) is 0 Å². The predicted molar refractivity (Wildman–Crippen MR) is 182 cm³/mol. The number of carbonyl (C=O) groups is 3. The molecule has 0 aromatic heterocycles. The Hall–Kier alpha value is -3.42. The first-order chi connectivity index (χ1) is 22.5. The van der Waals surface area contributed by atoms with Gasteiger partial charge in [0, 0.05) is 47.4 Å². The highest BCUT2D eigenvalue weighted by Crippen LogP contribution is 2.33. The second-order valence-electron chi connectivity index (χ2n) is 13.7. The molecule has 2 aromatic carbocycles. The van der Waals surface area contributed by atoms with Gasteiger partial charge in [0.1, 0.15) is 17.5 Å². The lowest BCUT2D eigenvalue weighted by molar-refractivity contribution is -0.118. The molecule has 2 aliphatic rings. The molecule has 0 radical (unpaired) electrons. The normalized spacial score (nSPS) is 21.9. The highest BCUT2D eigenvalue weighted by molar-refractivity contribution is 7.89. The topological polar surface area (TPSA) is 134 Å². The number of nitrogens with one attached hydrogen (secondary N) is 2. The second kappa shape index (κ2) is 15.4. The highest BCUT2D eigenvalue weighted by atomic mass is 35.5. The van der Waals surface area contributed by atoms with Crippen molar-refractivity contribution in [1.29, 1.82) is 0 Å². The van der Waals surface area contributed by atoms with E-state index in [0.29, 0.717) is 17.9 Å². The molecule has 0 saturated carbocycles. The first-order valence-corrected chi connectivity index (χ1v) is 18.2. The SMILES string of the molecule is COC(=O)N[C@H](C(=O)Nc1cccc(F)c1CCC1CN(C(=O)OC(C)(C)C)C2CCCS(=O)(=O)N1C2)[C@@H](c1ccc(Cl)cc1)C(C)C. The van der Waals surface area contributed by atoms with Gasteiger partial charge in [0.2, 0.25) is 15.9 Å². The van der Waals surface area contributed by atoms with E-state index in [1.165, 1.54) is 23.5 Å². The maximum absolute atomic E-state index is 15.5. The minimum Gasteiger partial charge on any atom is -0.453 e. The smallest absolute Gasteiger partial charge is 0.410 e. The van der Waals surface area contributed by atoms with Gasteiger partial charge in [-0.25, -0.2) is 22.4 Å². The minimum atomic E-state index is -3.61. The quantitative estimate of drug-likeness (QED) is 0.330. The van der Waals surface area contributed by atoms with Crippen LogP contribution < -0.4 is 10.6 Å². The van der Waals surface area contributed by atoms with Gasteiger partial charge in [-0.1, -0.05) is 43.6 Å². The molecule has 2 fully saturated rings. The number of halogens is 2. The zero-order chi connectivity index (χ0) is 35.4. The van der Waals surface area contributed by atoms with E-state index in [1.807, 2.05) is 13.8 Å². The summed E-state index contributed by atoms with van der Waals surface area (Å²) in [6.45, 7) is 9.37. The number of nitrogens with zero attached hydrogens (tertiary/aromatic N) is 2. The largest absolute Gasteiger partial charge is 0.453 e. The summed E-state index contributed by atoms with van der Waals surface area (Å²) >= 11 is 6.10. The summed E-state index contributed by atoms with van der Waals surface area (Å²) in [5.41, 5.74) is 0.387. The van der Waals surface area contributed by atoms with Crippen LogP contribution in [0.5, 0.6) is 0 Å². The summed E-state index contributed by atoms with van der Waals surface area (Å²) in [6, 6.07) is 9.20. The summed E-state index contributed by atoms with van der Waals surface area (Å²) in [6.07, 6.45) is -0.144. The maximum Gasteiger partial charge on any atom is 0.410 e. The van der Waals surface area contributed by atoms with E-state index in [2.05, 4.69) is 10.6 Å². The number of benzene rings is 2. The Morgan fingerprint density at radius 2 is 1.77 bits per heavy atom. The van der Waals surface area contributed by atoms with Crippen molar-refractivity contribution in [2.45, 2.75) is 89.9 Å². The number of ether oxygens (including phenoxy) is 2. The zero-order valence-corrected chi connectivity index (χ0v) is 29.9. The standard InChI is InChI=1S/C34H46ClFN4O7S/c1-21(2)29(22-12-14-23(35)15-13-22)30(38-32(42)46-6)31(41)37-28-11-7-10-27(36)26(28)17-16-25-19-39(33(43)47-34(3,4)5)24-9-8-18-48(44,45)40(25)20-24/h7,10-15,21,24-25,29-30H,8-9,16-20H2,1-6H3,(H,37,41)(H,38,42)/t24?,25?,29-,30+/m1/s1. The van der Waals surface area contributed by atoms with Crippen LogP contribution in [0.2, 0.25) is 5.02 Å². The molecule has 2 heterocycles. The van der Waals surface area contributed by atoms with Crippen LogP contribution in [0.4, 0.5) is 19.7 Å². The zero-order valence-electron chi connectivity index (χ0n) is 28.3. The molecule has 0 spiro atoms. The third-order valence-corrected chi connectivity index (χ3v) is 11.0. The van der Waals surface area contributed by atoms with Crippen molar-refractivity contribution in [2.75, 3.05) is 31.3 Å². The molecule has 5 atom stereocenters. The van der Waals surface area contributed by atoms with Crippen molar-refractivity contribution in [2.24, 2.45) is 5.92 Å². The van der Waals surface area contributed by atoms with Gasteiger partial charge < -0.3 is 25.0 Å². The lowest BCUT2D eigenvalue weighted by Gasteiger charge is -2.44. The summed E-state index contributed by atoms with van der Waals surface area (Å²) in [5, 5.41) is 5.98. The molecule has 48 heavy (non-hydrogen) atoms.